The molecule has 0 spiro atoms. The van der Waals surface area contributed by atoms with E-state index in [0.717, 1.165) is 36.9 Å². The van der Waals surface area contributed by atoms with Crippen LogP contribution in [0.5, 0.6) is 0 Å². The molecule has 2 saturated carbocycles. The van der Waals surface area contributed by atoms with Gasteiger partial charge in [0.2, 0.25) is 5.91 Å². The van der Waals surface area contributed by atoms with E-state index in [4.69, 9.17) is 10.5 Å². The summed E-state index contributed by atoms with van der Waals surface area (Å²) in [7, 11) is 0. The van der Waals surface area contributed by atoms with Gasteiger partial charge in [-0.05, 0) is 68.6 Å². The number of anilines is 1. The van der Waals surface area contributed by atoms with Crippen molar-refractivity contribution in [3.8, 4) is 0 Å². The Kier molecular flexibility index (Phi) is 6.30. The molecule has 2 fully saturated rings. The Labute approximate surface area is 155 Å². The van der Waals surface area contributed by atoms with Crippen LogP contribution >= 0.6 is 0 Å². The number of esters is 1. The second-order valence-electron chi connectivity index (χ2n) is 7.69. The number of benzene rings is 1. The van der Waals surface area contributed by atoms with E-state index >= 15 is 0 Å². The summed E-state index contributed by atoms with van der Waals surface area (Å²) in [5.74, 6) is 1.03. The van der Waals surface area contributed by atoms with Crippen molar-refractivity contribution in [2.45, 2.75) is 57.9 Å². The van der Waals surface area contributed by atoms with Crippen molar-refractivity contribution in [3.63, 3.8) is 0 Å². The molecule has 3 N–H and O–H groups in total. The fourth-order valence-corrected chi connectivity index (χ4v) is 4.48. The second kappa shape index (κ2) is 8.67. The number of nitrogens with one attached hydrogen (secondary N) is 1. The fourth-order valence-electron chi connectivity index (χ4n) is 4.48. The summed E-state index contributed by atoms with van der Waals surface area (Å²) >= 11 is 0. The van der Waals surface area contributed by atoms with Crippen LogP contribution < -0.4 is 11.1 Å². The van der Waals surface area contributed by atoms with E-state index in [-0.39, 0.29) is 23.8 Å². The van der Waals surface area contributed by atoms with Crippen LogP contribution in [0.3, 0.4) is 0 Å². The molecule has 5 nitrogen and oxygen atoms in total. The summed E-state index contributed by atoms with van der Waals surface area (Å²) in [5.41, 5.74) is 8.20. The molecule has 2 atom stereocenters. The Hall–Kier alpha value is -1.88. The van der Waals surface area contributed by atoms with Gasteiger partial charge in [0, 0.05) is 24.1 Å². The van der Waals surface area contributed by atoms with Crippen LogP contribution in [0.15, 0.2) is 24.3 Å². The van der Waals surface area contributed by atoms with Gasteiger partial charge in [0.1, 0.15) is 0 Å². The van der Waals surface area contributed by atoms with Crippen LogP contribution in [-0.2, 0) is 20.7 Å². The van der Waals surface area contributed by atoms with Crippen molar-refractivity contribution in [2.75, 3.05) is 11.9 Å². The lowest BCUT2D eigenvalue weighted by Crippen LogP contribution is -2.48. The summed E-state index contributed by atoms with van der Waals surface area (Å²) in [5, 5.41) is 3.06. The molecule has 0 aliphatic heterocycles. The van der Waals surface area contributed by atoms with Crippen molar-refractivity contribution in [1.29, 1.82) is 0 Å². The molecule has 142 valence electrons. The minimum Gasteiger partial charge on any atom is -0.466 e. The number of ether oxygens (including phenoxy) is 1. The first-order valence-corrected chi connectivity index (χ1v) is 9.87. The molecule has 1 aromatic carbocycles. The third-order valence-corrected chi connectivity index (χ3v) is 5.93. The number of hydrogen-bond donors (Lipinski definition) is 2. The van der Waals surface area contributed by atoms with E-state index in [0.29, 0.717) is 31.3 Å². The molecule has 1 amide bonds. The van der Waals surface area contributed by atoms with Crippen molar-refractivity contribution < 1.29 is 14.3 Å². The second-order valence-corrected chi connectivity index (χ2v) is 7.69. The van der Waals surface area contributed by atoms with Crippen LogP contribution in [0.25, 0.3) is 0 Å². The maximum atomic E-state index is 12.7. The topological polar surface area (TPSA) is 81.4 Å². The lowest BCUT2D eigenvalue weighted by molar-refractivity contribution is -0.143. The summed E-state index contributed by atoms with van der Waals surface area (Å²) in [6, 6.07) is 8.02. The number of carbonyl (C=O) groups is 2. The van der Waals surface area contributed by atoms with Crippen LogP contribution in [0.1, 0.15) is 51.0 Å². The van der Waals surface area contributed by atoms with Gasteiger partial charge in [-0.25, -0.2) is 0 Å². The highest BCUT2D eigenvalue weighted by Gasteiger charge is 2.40. The van der Waals surface area contributed by atoms with Crippen molar-refractivity contribution in [3.05, 3.63) is 29.8 Å². The van der Waals surface area contributed by atoms with Gasteiger partial charge in [-0.1, -0.05) is 18.6 Å². The third-order valence-electron chi connectivity index (χ3n) is 5.93. The number of amides is 1. The number of carbonyl (C=O) groups excluding carboxylic acids is 2. The minimum atomic E-state index is -0.175. The standard InChI is InChI=1S/C21H30N2O3/c1-2-26-19(24)11-8-14-6-9-18(10-7-14)23-21(25)17-12-15-4-3-5-16(13-17)20(15)22/h6-7,9-10,15-17,20H,2-5,8,11-13,22H2,1H3,(H,23,25). The number of nitrogens with two attached hydrogens (primary N) is 1. The highest BCUT2D eigenvalue weighted by molar-refractivity contribution is 5.92. The molecule has 2 aliphatic carbocycles. The van der Waals surface area contributed by atoms with Crippen molar-refractivity contribution in [2.24, 2.45) is 23.5 Å². The fraction of sp³-hybridized carbons (Fsp3) is 0.619. The SMILES string of the molecule is CCOC(=O)CCc1ccc(NC(=O)C2CC3CCCC(C2)C3N)cc1. The van der Waals surface area contributed by atoms with E-state index in [1.54, 1.807) is 0 Å². The van der Waals surface area contributed by atoms with Gasteiger partial charge in [-0.3, -0.25) is 9.59 Å². The van der Waals surface area contributed by atoms with Gasteiger partial charge >= 0.3 is 5.97 Å². The van der Waals surface area contributed by atoms with E-state index in [1.165, 1.54) is 6.42 Å². The molecule has 26 heavy (non-hydrogen) atoms. The average molecular weight is 358 g/mol. The van der Waals surface area contributed by atoms with Gasteiger partial charge in [-0.15, -0.1) is 0 Å². The summed E-state index contributed by atoms with van der Waals surface area (Å²) < 4.78 is 4.94. The first-order chi connectivity index (χ1) is 12.6. The highest BCUT2D eigenvalue weighted by Crippen LogP contribution is 2.42. The zero-order valence-electron chi connectivity index (χ0n) is 15.6. The molecule has 2 aliphatic rings. The number of rotatable bonds is 6. The van der Waals surface area contributed by atoms with Gasteiger partial charge in [0.15, 0.2) is 0 Å². The van der Waals surface area contributed by atoms with Crippen LogP contribution in [0, 0.1) is 17.8 Å². The molecule has 0 heterocycles. The molecule has 1 aromatic rings. The Morgan fingerprint density at radius 3 is 2.42 bits per heavy atom. The summed E-state index contributed by atoms with van der Waals surface area (Å²) in [6.45, 7) is 2.22. The van der Waals surface area contributed by atoms with Gasteiger partial charge < -0.3 is 15.8 Å². The van der Waals surface area contributed by atoms with Crippen molar-refractivity contribution >= 4 is 17.6 Å². The van der Waals surface area contributed by atoms with E-state index in [1.807, 2.05) is 31.2 Å². The van der Waals surface area contributed by atoms with Gasteiger partial charge in [0.05, 0.1) is 6.61 Å². The minimum absolute atomic E-state index is 0.0774. The lowest BCUT2D eigenvalue weighted by atomic mass is 9.65. The predicted octanol–water partition coefficient (Wildman–Crippen LogP) is 3.27. The molecule has 0 saturated heterocycles. The predicted molar refractivity (Wildman–Crippen MR) is 102 cm³/mol. The van der Waals surface area contributed by atoms with Crippen LogP contribution in [-0.4, -0.2) is 24.5 Å². The molecule has 2 bridgehead atoms. The molecule has 0 aromatic heterocycles. The zero-order chi connectivity index (χ0) is 18.5. The van der Waals surface area contributed by atoms with Crippen LogP contribution in [0.2, 0.25) is 0 Å². The maximum Gasteiger partial charge on any atom is 0.306 e. The first-order valence-electron chi connectivity index (χ1n) is 9.87. The monoisotopic (exact) mass is 358 g/mol. The van der Waals surface area contributed by atoms with E-state index in [2.05, 4.69) is 5.32 Å². The normalized spacial score (nSPS) is 27.6. The Morgan fingerprint density at radius 2 is 1.81 bits per heavy atom. The third kappa shape index (κ3) is 4.64. The lowest BCUT2D eigenvalue weighted by Gasteiger charge is -2.43. The van der Waals surface area contributed by atoms with E-state index in [9.17, 15) is 9.59 Å². The average Bonchev–Trinajstić information content (AvgIpc) is 2.61. The summed E-state index contributed by atoms with van der Waals surface area (Å²) in [4.78, 5) is 24.1. The van der Waals surface area contributed by atoms with Gasteiger partial charge in [0.25, 0.3) is 0 Å². The smallest absolute Gasteiger partial charge is 0.306 e. The molecule has 3 rings (SSSR count). The Balaban J connectivity index is 1.51. The first kappa shape index (κ1) is 18.9. The molecule has 0 radical (unpaired) electrons. The molecular formula is C21H30N2O3. The van der Waals surface area contributed by atoms with Crippen LogP contribution in [0.4, 0.5) is 5.69 Å². The number of fused-ring (bicyclic) bond motifs is 2. The number of aryl methyl sites for hydroxylation is 1. The molecule has 2 unspecified atom stereocenters. The summed E-state index contributed by atoms with van der Waals surface area (Å²) in [6.07, 6.45) is 6.45. The highest BCUT2D eigenvalue weighted by atomic mass is 16.5. The van der Waals surface area contributed by atoms with Gasteiger partial charge in [-0.2, -0.15) is 0 Å². The maximum absolute atomic E-state index is 12.7. The Morgan fingerprint density at radius 1 is 1.15 bits per heavy atom. The molecule has 5 heteroatoms. The van der Waals surface area contributed by atoms with Crippen molar-refractivity contribution in [1.82, 2.24) is 0 Å². The quantitative estimate of drug-likeness (QED) is 0.765. The largest absolute Gasteiger partial charge is 0.466 e. The molecular weight excluding hydrogens is 328 g/mol. The zero-order valence-corrected chi connectivity index (χ0v) is 15.6. The number of hydrogen-bond acceptors (Lipinski definition) is 4. The van der Waals surface area contributed by atoms with E-state index < -0.39 is 0 Å². The Bertz CT molecular complexity index is 615.